The molecule has 7 nitrogen and oxygen atoms in total. The number of carbonyl (C=O) groups excluding carboxylic acids is 1. The second-order valence-electron chi connectivity index (χ2n) is 5.00. The van der Waals surface area contributed by atoms with Gasteiger partial charge >= 0.3 is 5.97 Å². The molecule has 0 aromatic rings. The van der Waals surface area contributed by atoms with Gasteiger partial charge in [-0.25, -0.2) is 13.1 Å². The highest BCUT2D eigenvalue weighted by Gasteiger charge is 2.41. The second kappa shape index (κ2) is 9.34. The molecule has 0 aromatic heterocycles. The fraction of sp³-hybridized carbons (Fsp3) is 0.923. The minimum absolute atomic E-state index is 0.305. The number of nitrogens with one attached hydrogen (secondary N) is 1. The van der Waals surface area contributed by atoms with Gasteiger partial charge in [-0.2, -0.15) is 0 Å². The van der Waals surface area contributed by atoms with Gasteiger partial charge in [-0.15, -0.1) is 0 Å². The van der Waals surface area contributed by atoms with Crippen molar-refractivity contribution in [1.82, 2.24) is 4.72 Å². The first-order valence-corrected chi connectivity index (χ1v) is 8.70. The van der Waals surface area contributed by atoms with E-state index in [0.29, 0.717) is 45.6 Å². The minimum atomic E-state index is -3.49. The van der Waals surface area contributed by atoms with Gasteiger partial charge in [0.25, 0.3) is 0 Å². The summed E-state index contributed by atoms with van der Waals surface area (Å²) in [5, 5.41) is -0.681. The lowest BCUT2D eigenvalue weighted by Gasteiger charge is -2.18. The topological polar surface area (TPSA) is 90.9 Å². The summed E-state index contributed by atoms with van der Waals surface area (Å²) >= 11 is 0. The fourth-order valence-corrected chi connectivity index (χ4v) is 4.26. The molecule has 0 aromatic carbocycles. The second-order valence-corrected chi connectivity index (χ2v) is 6.98. The van der Waals surface area contributed by atoms with E-state index < -0.39 is 27.2 Å². The van der Waals surface area contributed by atoms with E-state index in [1.807, 2.05) is 0 Å². The first-order valence-electron chi connectivity index (χ1n) is 7.16. The lowest BCUT2D eigenvalue weighted by molar-refractivity contribution is -0.145. The molecule has 21 heavy (non-hydrogen) atoms. The molecule has 0 amide bonds. The van der Waals surface area contributed by atoms with Crippen LogP contribution in [0.1, 0.15) is 25.7 Å². The quantitative estimate of drug-likeness (QED) is 0.459. The van der Waals surface area contributed by atoms with Gasteiger partial charge in [0.15, 0.2) is 0 Å². The number of methoxy groups -OCH3 is 2. The van der Waals surface area contributed by atoms with Gasteiger partial charge in [0.05, 0.1) is 31.5 Å². The van der Waals surface area contributed by atoms with Crippen LogP contribution in [-0.2, 0) is 29.0 Å². The number of sulfonamides is 1. The van der Waals surface area contributed by atoms with Gasteiger partial charge in [-0.3, -0.25) is 4.79 Å². The monoisotopic (exact) mass is 323 g/mol. The molecule has 1 fully saturated rings. The first-order chi connectivity index (χ1) is 10.0. The maximum absolute atomic E-state index is 12.2. The predicted molar refractivity (Wildman–Crippen MR) is 77.4 cm³/mol. The van der Waals surface area contributed by atoms with Gasteiger partial charge in [0.2, 0.25) is 10.0 Å². The number of esters is 1. The van der Waals surface area contributed by atoms with Gasteiger partial charge in [0.1, 0.15) is 0 Å². The van der Waals surface area contributed by atoms with E-state index >= 15 is 0 Å². The largest absolute Gasteiger partial charge is 0.469 e. The van der Waals surface area contributed by atoms with Crippen LogP contribution in [0.25, 0.3) is 0 Å². The molecule has 1 aliphatic rings. The highest BCUT2D eigenvalue weighted by atomic mass is 32.2. The normalized spacial score (nSPS) is 22.4. The van der Waals surface area contributed by atoms with E-state index in [4.69, 9.17) is 9.47 Å². The van der Waals surface area contributed by atoms with Crippen LogP contribution in [0.4, 0.5) is 0 Å². The Balaban J connectivity index is 2.34. The zero-order chi connectivity index (χ0) is 15.7. The van der Waals surface area contributed by atoms with Crippen LogP contribution in [0.3, 0.4) is 0 Å². The van der Waals surface area contributed by atoms with Crippen molar-refractivity contribution in [2.24, 2.45) is 5.92 Å². The number of hydrogen-bond donors (Lipinski definition) is 1. The summed E-state index contributed by atoms with van der Waals surface area (Å²) in [6.07, 6.45) is 2.38. The summed E-state index contributed by atoms with van der Waals surface area (Å²) < 4.78 is 41.8. The van der Waals surface area contributed by atoms with Crippen LogP contribution in [0, 0.1) is 5.92 Å². The molecule has 1 saturated carbocycles. The third-order valence-corrected chi connectivity index (χ3v) is 5.52. The summed E-state index contributed by atoms with van der Waals surface area (Å²) in [7, 11) is -0.612. The van der Waals surface area contributed by atoms with Gasteiger partial charge in [-0.1, -0.05) is 6.42 Å². The summed E-state index contributed by atoms with van der Waals surface area (Å²) in [4.78, 5) is 11.6. The van der Waals surface area contributed by atoms with E-state index in [2.05, 4.69) is 9.46 Å². The highest BCUT2D eigenvalue weighted by molar-refractivity contribution is 7.90. The van der Waals surface area contributed by atoms with Crippen molar-refractivity contribution in [2.45, 2.75) is 30.9 Å². The Morgan fingerprint density at radius 1 is 1.19 bits per heavy atom. The predicted octanol–water partition coefficient (Wildman–Crippen LogP) is 0.301. The lowest BCUT2D eigenvalue weighted by atomic mass is 10.1. The molecular weight excluding hydrogens is 298 g/mol. The van der Waals surface area contributed by atoms with Crippen LogP contribution >= 0.6 is 0 Å². The number of rotatable bonds is 10. The smallest absolute Gasteiger partial charge is 0.310 e. The third-order valence-electron chi connectivity index (χ3n) is 3.56. The Hall–Kier alpha value is -0.700. The summed E-state index contributed by atoms with van der Waals surface area (Å²) in [6.45, 7) is 1.79. The van der Waals surface area contributed by atoms with Crippen molar-refractivity contribution >= 4 is 16.0 Å². The van der Waals surface area contributed by atoms with E-state index in [1.165, 1.54) is 7.11 Å². The number of hydrogen-bond acceptors (Lipinski definition) is 6. The molecule has 0 heterocycles. The average Bonchev–Trinajstić information content (AvgIpc) is 2.95. The Morgan fingerprint density at radius 3 is 2.62 bits per heavy atom. The van der Waals surface area contributed by atoms with Crippen molar-refractivity contribution in [3.63, 3.8) is 0 Å². The van der Waals surface area contributed by atoms with Crippen molar-refractivity contribution in [3.8, 4) is 0 Å². The molecule has 1 aliphatic carbocycles. The van der Waals surface area contributed by atoms with Gasteiger partial charge in [-0.05, 0) is 19.3 Å². The zero-order valence-corrected chi connectivity index (χ0v) is 13.5. The summed E-state index contributed by atoms with van der Waals surface area (Å²) in [5.74, 6) is -0.990. The molecule has 8 heteroatoms. The van der Waals surface area contributed by atoms with E-state index in [9.17, 15) is 13.2 Å². The van der Waals surface area contributed by atoms with Crippen molar-refractivity contribution in [1.29, 1.82) is 0 Å². The molecule has 0 saturated heterocycles. The van der Waals surface area contributed by atoms with Crippen LogP contribution in [0.5, 0.6) is 0 Å². The Morgan fingerprint density at radius 2 is 1.95 bits per heavy atom. The molecule has 0 spiro atoms. The maximum Gasteiger partial charge on any atom is 0.310 e. The Kier molecular flexibility index (Phi) is 8.16. The van der Waals surface area contributed by atoms with Crippen molar-refractivity contribution in [3.05, 3.63) is 0 Å². The average molecular weight is 323 g/mol. The maximum atomic E-state index is 12.2. The third kappa shape index (κ3) is 5.90. The highest BCUT2D eigenvalue weighted by Crippen LogP contribution is 2.31. The minimum Gasteiger partial charge on any atom is -0.469 e. The molecule has 0 bridgehead atoms. The fourth-order valence-electron chi connectivity index (χ4n) is 2.46. The molecular formula is C13H25NO6S. The van der Waals surface area contributed by atoms with Crippen molar-refractivity contribution < 1.29 is 27.4 Å². The SMILES string of the molecule is COCCOCCCNS(=O)(=O)C1CCCC1C(=O)OC. The number of carbonyl (C=O) groups is 1. The van der Waals surface area contributed by atoms with Crippen LogP contribution in [-0.4, -0.2) is 60.2 Å². The first kappa shape index (κ1) is 18.3. The molecule has 2 atom stereocenters. The van der Waals surface area contributed by atoms with Crippen LogP contribution in [0.15, 0.2) is 0 Å². The number of ether oxygens (including phenoxy) is 3. The standard InChI is InChI=1S/C13H25NO6S/c1-18-9-10-20-8-4-7-14-21(16,17)12-6-3-5-11(12)13(15)19-2/h11-12,14H,3-10H2,1-2H3. The van der Waals surface area contributed by atoms with Crippen LogP contribution < -0.4 is 4.72 Å². The lowest BCUT2D eigenvalue weighted by Crippen LogP contribution is -2.40. The van der Waals surface area contributed by atoms with E-state index in [0.717, 1.165) is 6.42 Å². The molecule has 0 aliphatic heterocycles. The van der Waals surface area contributed by atoms with E-state index in [1.54, 1.807) is 7.11 Å². The van der Waals surface area contributed by atoms with E-state index in [-0.39, 0.29) is 0 Å². The molecule has 124 valence electrons. The molecule has 1 N–H and O–H groups in total. The summed E-state index contributed by atoms with van der Waals surface area (Å²) in [6, 6.07) is 0. The zero-order valence-electron chi connectivity index (χ0n) is 12.7. The molecule has 2 unspecified atom stereocenters. The molecule has 0 radical (unpaired) electrons. The summed E-state index contributed by atoms with van der Waals surface area (Å²) in [5.41, 5.74) is 0. The van der Waals surface area contributed by atoms with Crippen molar-refractivity contribution in [2.75, 3.05) is 40.6 Å². The van der Waals surface area contributed by atoms with Gasteiger partial charge in [0, 0.05) is 20.3 Å². The van der Waals surface area contributed by atoms with Gasteiger partial charge < -0.3 is 14.2 Å². The Bertz CT molecular complexity index is 411. The molecule has 1 rings (SSSR count). The Labute approximate surface area is 126 Å². The van der Waals surface area contributed by atoms with Crippen LogP contribution in [0.2, 0.25) is 0 Å².